The second kappa shape index (κ2) is 9.41. The van der Waals surface area contributed by atoms with Crippen LogP contribution in [0.2, 0.25) is 0 Å². The van der Waals surface area contributed by atoms with Gasteiger partial charge in [0.1, 0.15) is 30.8 Å². The number of ether oxygens (including phenoxy) is 5. The van der Waals surface area contributed by atoms with Crippen LogP contribution in [0.4, 0.5) is 13.2 Å². The molecule has 2 aliphatic rings. The number of likely N-dealkylation sites (tertiary alicyclic amines) is 1. The number of carbonyl (C=O) groups excluding carboxylic acids is 1. The van der Waals surface area contributed by atoms with Crippen LogP contribution in [0.3, 0.4) is 0 Å². The number of hydrogen-bond donors (Lipinski definition) is 0. The predicted octanol–water partition coefficient (Wildman–Crippen LogP) is 2.88. The molecule has 0 N–H and O–H groups in total. The van der Waals surface area contributed by atoms with E-state index in [0.29, 0.717) is 19.5 Å². The number of alkyl halides is 3. The Morgan fingerprint density at radius 3 is 2.85 bits per heavy atom. The van der Waals surface area contributed by atoms with E-state index in [1.807, 2.05) is 12.3 Å². The van der Waals surface area contributed by atoms with Gasteiger partial charge in [-0.05, 0) is 19.1 Å². The summed E-state index contributed by atoms with van der Waals surface area (Å²) >= 11 is 1.53. The van der Waals surface area contributed by atoms with Gasteiger partial charge < -0.3 is 23.8 Å². The third-order valence-corrected chi connectivity index (χ3v) is 6.20. The molecule has 9 nitrogen and oxygen atoms in total. The van der Waals surface area contributed by atoms with Gasteiger partial charge in [0.25, 0.3) is 11.8 Å². The molecule has 0 spiro atoms. The summed E-state index contributed by atoms with van der Waals surface area (Å²) in [6.45, 7) is 1.70. The zero-order chi connectivity index (χ0) is 23.6. The maximum Gasteiger partial charge on any atom is 0.522 e. The van der Waals surface area contributed by atoms with Gasteiger partial charge >= 0.3 is 6.36 Å². The molecule has 180 valence electrons. The van der Waals surface area contributed by atoms with Crippen LogP contribution in [0, 0.1) is 6.92 Å². The molecule has 0 unspecified atom stereocenters. The third kappa shape index (κ3) is 5.05. The normalized spacial score (nSPS) is 22.8. The van der Waals surface area contributed by atoms with E-state index in [-0.39, 0.29) is 42.7 Å². The summed E-state index contributed by atoms with van der Waals surface area (Å²) in [5.41, 5.74) is 0.250. The first-order valence-electron chi connectivity index (χ1n) is 10.1. The van der Waals surface area contributed by atoms with Crippen molar-refractivity contribution in [1.29, 1.82) is 0 Å². The lowest BCUT2D eigenvalue weighted by Crippen LogP contribution is -2.53. The molecule has 0 bridgehead atoms. The number of fused-ring (bicyclic) bond motifs is 1. The van der Waals surface area contributed by atoms with Crippen LogP contribution in [0.25, 0.3) is 0 Å². The highest BCUT2D eigenvalue weighted by molar-refractivity contribution is 7.09. The van der Waals surface area contributed by atoms with Crippen molar-refractivity contribution in [2.45, 2.75) is 31.4 Å². The van der Waals surface area contributed by atoms with Crippen LogP contribution < -0.4 is 9.47 Å². The van der Waals surface area contributed by atoms with Crippen molar-refractivity contribution < 1.29 is 41.7 Å². The molecule has 2 aromatic heterocycles. The molecule has 1 amide bonds. The van der Waals surface area contributed by atoms with Crippen LogP contribution in [0.1, 0.15) is 27.6 Å². The minimum Gasteiger partial charge on any atom is -0.486 e. The van der Waals surface area contributed by atoms with Crippen LogP contribution in [-0.2, 0) is 19.8 Å². The van der Waals surface area contributed by atoms with Crippen LogP contribution in [0.5, 0.6) is 11.6 Å². The Morgan fingerprint density at radius 2 is 2.15 bits per heavy atom. The number of carbonyl (C=O) groups is 1. The van der Waals surface area contributed by atoms with Crippen molar-refractivity contribution >= 4 is 17.2 Å². The van der Waals surface area contributed by atoms with E-state index in [1.54, 1.807) is 4.90 Å². The number of aromatic nitrogens is 2. The molecule has 33 heavy (non-hydrogen) atoms. The summed E-state index contributed by atoms with van der Waals surface area (Å²) in [6.07, 6.45) is -4.58. The van der Waals surface area contributed by atoms with E-state index in [9.17, 15) is 18.0 Å². The Morgan fingerprint density at radius 1 is 1.33 bits per heavy atom. The lowest BCUT2D eigenvalue weighted by atomic mass is 9.86. The summed E-state index contributed by atoms with van der Waals surface area (Å²) in [4.78, 5) is 23.5. The van der Waals surface area contributed by atoms with E-state index in [1.165, 1.54) is 30.6 Å². The van der Waals surface area contributed by atoms with Crippen molar-refractivity contribution in [3.05, 3.63) is 33.9 Å². The number of thiazole rings is 1. The van der Waals surface area contributed by atoms with Crippen molar-refractivity contribution in [2.24, 2.45) is 0 Å². The summed E-state index contributed by atoms with van der Waals surface area (Å²) in [7, 11) is 1.32. The van der Waals surface area contributed by atoms with Crippen molar-refractivity contribution in [3.8, 4) is 11.6 Å². The number of methoxy groups -OCH3 is 1. The molecule has 2 atom stereocenters. The van der Waals surface area contributed by atoms with E-state index >= 15 is 0 Å². The lowest BCUT2D eigenvalue weighted by Gasteiger charge is -2.40. The van der Waals surface area contributed by atoms with Gasteiger partial charge in [-0.15, -0.1) is 24.5 Å². The molecule has 0 aromatic carbocycles. The van der Waals surface area contributed by atoms with Gasteiger partial charge in [0.2, 0.25) is 0 Å². The van der Waals surface area contributed by atoms with Gasteiger partial charge in [0.15, 0.2) is 5.75 Å². The average Bonchev–Trinajstić information content (AvgIpc) is 3.42. The number of aryl methyl sites for hydroxylation is 1. The zero-order valence-electron chi connectivity index (χ0n) is 17.9. The Kier molecular flexibility index (Phi) is 6.75. The number of halogens is 3. The molecule has 0 aliphatic carbocycles. The topological polar surface area (TPSA) is 92.2 Å². The quantitative estimate of drug-likeness (QED) is 0.549. The zero-order valence-corrected chi connectivity index (χ0v) is 18.7. The van der Waals surface area contributed by atoms with Crippen molar-refractivity contribution in [2.75, 3.05) is 40.2 Å². The SMILES string of the molecule is COc1nc(C(=O)N2CC[C@]3(c4csc(C)n4)OCO[C@@H]3C2)ccc1OCCOC(F)(F)F. The largest absolute Gasteiger partial charge is 0.522 e. The first-order chi connectivity index (χ1) is 15.7. The lowest BCUT2D eigenvalue weighted by molar-refractivity contribution is -0.325. The number of piperidine rings is 1. The first-order valence-corrected chi connectivity index (χ1v) is 11.0. The molecule has 2 saturated heterocycles. The molecule has 2 aromatic rings. The molecule has 4 heterocycles. The number of amides is 1. The van der Waals surface area contributed by atoms with Crippen LogP contribution in [-0.4, -0.2) is 73.4 Å². The summed E-state index contributed by atoms with van der Waals surface area (Å²) < 4.78 is 62.0. The van der Waals surface area contributed by atoms with E-state index in [2.05, 4.69) is 14.7 Å². The second-order valence-electron chi connectivity index (χ2n) is 7.41. The smallest absolute Gasteiger partial charge is 0.486 e. The molecule has 2 aliphatic heterocycles. The van der Waals surface area contributed by atoms with E-state index < -0.39 is 18.6 Å². The fraction of sp³-hybridized carbons (Fsp3) is 0.550. The molecule has 2 fully saturated rings. The van der Waals surface area contributed by atoms with Gasteiger partial charge in [-0.25, -0.2) is 9.97 Å². The van der Waals surface area contributed by atoms with Gasteiger partial charge in [0, 0.05) is 18.3 Å². The minimum atomic E-state index is -4.74. The molecule has 0 saturated carbocycles. The molecule has 13 heteroatoms. The second-order valence-corrected chi connectivity index (χ2v) is 8.47. The van der Waals surface area contributed by atoms with E-state index in [0.717, 1.165) is 10.7 Å². The minimum absolute atomic E-state index is 0.0161. The third-order valence-electron chi connectivity index (χ3n) is 5.43. The molecular formula is C20H22F3N3O6S. The average molecular weight is 489 g/mol. The Balaban J connectivity index is 1.42. The Bertz CT molecular complexity index is 1000. The van der Waals surface area contributed by atoms with Gasteiger partial charge in [0.05, 0.1) is 31.0 Å². The summed E-state index contributed by atoms with van der Waals surface area (Å²) in [6, 6.07) is 2.86. The monoisotopic (exact) mass is 489 g/mol. The number of rotatable bonds is 7. The van der Waals surface area contributed by atoms with Gasteiger partial charge in [-0.1, -0.05) is 0 Å². The summed E-state index contributed by atoms with van der Waals surface area (Å²) in [5, 5.41) is 2.88. The van der Waals surface area contributed by atoms with Crippen LogP contribution in [0.15, 0.2) is 17.5 Å². The highest BCUT2D eigenvalue weighted by Gasteiger charge is 2.52. The van der Waals surface area contributed by atoms with E-state index in [4.69, 9.17) is 18.9 Å². The van der Waals surface area contributed by atoms with Crippen molar-refractivity contribution in [1.82, 2.24) is 14.9 Å². The number of pyridine rings is 1. The fourth-order valence-corrected chi connectivity index (χ4v) is 4.54. The maximum absolute atomic E-state index is 13.1. The highest BCUT2D eigenvalue weighted by atomic mass is 32.1. The summed E-state index contributed by atoms with van der Waals surface area (Å²) in [5.74, 6) is -0.250. The predicted molar refractivity (Wildman–Crippen MR) is 108 cm³/mol. The Hall–Kier alpha value is -2.48. The number of hydrogen-bond acceptors (Lipinski definition) is 9. The highest BCUT2D eigenvalue weighted by Crippen LogP contribution is 2.43. The van der Waals surface area contributed by atoms with Gasteiger partial charge in [-0.3, -0.25) is 9.53 Å². The number of nitrogens with zero attached hydrogens (tertiary/aromatic N) is 3. The van der Waals surface area contributed by atoms with Crippen molar-refractivity contribution in [3.63, 3.8) is 0 Å². The van der Waals surface area contributed by atoms with Crippen LogP contribution >= 0.6 is 11.3 Å². The van der Waals surface area contributed by atoms with Gasteiger partial charge in [-0.2, -0.15) is 0 Å². The first kappa shape index (κ1) is 23.7. The maximum atomic E-state index is 13.1. The Labute approximate surface area is 191 Å². The molecule has 0 radical (unpaired) electrons. The molecule has 4 rings (SSSR count). The standard InChI is InChI=1S/C20H22F3N3O6S/c1-12-24-15(10-33-12)19-5-6-26(9-16(19)30-11-32-19)18(27)13-3-4-14(17(25-13)28-2)29-7-8-31-20(21,22)23/h3-4,10,16H,5-9,11H2,1-2H3/t16-,19-/m1/s1. The molecular weight excluding hydrogens is 467 g/mol. The fourth-order valence-electron chi connectivity index (χ4n) is 3.86.